The van der Waals surface area contributed by atoms with E-state index in [0.29, 0.717) is 12.8 Å². The minimum absolute atomic E-state index is 0.230. The summed E-state index contributed by atoms with van der Waals surface area (Å²) in [4.78, 5) is 13.5. The molecule has 0 spiro atoms. The van der Waals surface area contributed by atoms with Gasteiger partial charge in [-0.2, -0.15) is 0 Å². The molecule has 1 amide bonds. The Morgan fingerprint density at radius 3 is 1.09 bits per heavy atom. The van der Waals surface area contributed by atoms with Crippen molar-refractivity contribution in [2.75, 3.05) is 26.4 Å². The summed E-state index contributed by atoms with van der Waals surface area (Å²) >= 11 is 0. The molecule has 0 aliphatic carbocycles. The fraction of sp³-hybridized carbons (Fsp3) is 0.821. The summed E-state index contributed by atoms with van der Waals surface area (Å²) < 4.78 is 34.4. The van der Waals surface area contributed by atoms with Crippen LogP contribution in [0.3, 0.4) is 0 Å². The highest BCUT2D eigenvalue weighted by Crippen LogP contribution is 2.33. The van der Waals surface area contributed by atoms with Gasteiger partial charge in [0.2, 0.25) is 5.91 Å². The summed E-state index contributed by atoms with van der Waals surface area (Å²) in [5.74, 6) is -0.287. The molecule has 3 rings (SSSR count). The topological polar surface area (TPSA) is 307 Å². The van der Waals surface area contributed by atoms with E-state index in [4.69, 9.17) is 28.4 Å². The average Bonchev–Trinajstić information content (AvgIpc) is 0.781. The van der Waals surface area contributed by atoms with Crippen LogP contribution in [0.5, 0.6) is 0 Å². The number of aliphatic hydroxyl groups excluding tert-OH is 11. The first-order valence-corrected chi connectivity index (χ1v) is 41.3. The number of carbonyl (C=O) groups is 1. The summed E-state index contributed by atoms with van der Waals surface area (Å²) in [6.07, 6.45) is 58.6. The number of carbonyl (C=O) groups excluding carboxylic acids is 1. The lowest BCUT2D eigenvalue weighted by Gasteiger charge is -2.48. The van der Waals surface area contributed by atoms with Crippen LogP contribution in [-0.4, -0.2) is 193 Å². The second-order valence-corrected chi connectivity index (χ2v) is 29.2. The van der Waals surface area contributed by atoms with Crippen LogP contribution in [0.25, 0.3) is 0 Å². The summed E-state index contributed by atoms with van der Waals surface area (Å²) in [5, 5.41) is 121. The number of hydrogen-bond acceptors (Lipinski definition) is 18. The summed E-state index contributed by atoms with van der Waals surface area (Å²) in [6.45, 7) is 1.63. The van der Waals surface area contributed by atoms with Crippen molar-refractivity contribution in [2.45, 2.75) is 413 Å². The Bertz CT molecular complexity index is 2190. The van der Waals surface area contributed by atoms with Gasteiger partial charge < -0.3 is 89.9 Å². The highest BCUT2D eigenvalue weighted by molar-refractivity contribution is 5.76. The van der Waals surface area contributed by atoms with Crippen LogP contribution in [0.1, 0.15) is 309 Å². The number of unbranched alkanes of at least 4 members (excludes halogenated alkanes) is 37. The molecule has 0 aromatic heterocycles. The summed E-state index contributed by atoms with van der Waals surface area (Å²) in [7, 11) is 0. The molecule has 3 saturated heterocycles. The molecular formula is C84H149NO18. The number of rotatable bonds is 65. The largest absolute Gasteiger partial charge is 0.394 e. The van der Waals surface area contributed by atoms with Crippen molar-refractivity contribution in [3.8, 4) is 0 Å². The smallest absolute Gasteiger partial charge is 0.220 e. The van der Waals surface area contributed by atoms with Gasteiger partial charge in [-0.25, -0.2) is 0 Å². The van der Waals surface area contributed by atoms with Crippen molar-refractivity contribution < 1.29 is 89.4 Å². The van der Waals surface area contributed by atoms with Gasteiger partial charge in [0.15, 0.2) is 18.9 Å². The van der Waals surface area contributed by atoms with E-state index >= 15 is 0 Å². The number of ether oxygens (including phenoxy) is 6. The Labute approximate surface area is 622 Å². The average molecular weight is 1460 g/mol. The molecular weight excluding hydrogens is 1310 g/mol. The van der Waals surface area contributed by atoms with Crippen LogP contribution in [0.15, 0.2) is 85.1 Å². The van der Waals surface area contributed by atoms with Gasteiger partial charge in [0.25, 0.3) is 0 Å². The molecule has 17 unspecified atom stereocenters. The summed E-state index contributed by atoms with van der Waals surface area (Å²) in [5.41, 5.74) is 0. The minimum atomic E-state index is -1.99. The molecule has 0 saturated carbocycles. The van der Waals surface area contributed by atoms with Crippen LogP contribution >= 0.6 is 0 Å². The van der Waals surface area contributed by atoms with Crippen molar-refractivity contribution in [2.24, 2.45) is 0 Å². The van der Waals surface area contributed by atoms with Gasteiger partial charge in [-0.1, -0.05) is 304 Å². The SMILES string of the molecule is CC/C=C\C/C=C\C/C=C\C/C=C\CCCCCCCCCCCCCCCCCCCCC(=O)NC(COC1OC(CO)C(OC2OC(CO)C(OC3OC(CO)C(O)C(O)C3O)C(O)C2O)C(O)C1O)C(O)/C=C/CC/C=C/CC/C=C/CCCCCCCCCCCCCCCCCCC. The fourth-order valence-electron chi connectivity index (χ4n) is 13.6. The van der Waals surface area contributed by atoms with Crippen molar-refractivity contribution in [1.29, 1.82) is 0 Å². The molecule has 3 heterocycles. The summed E-state index contributed by atoms with van der Waals surface area (Å²) in [6, 6.07) is -1.00. The van der Waals surface area contributed by atoms with Crippen molar-refractivity contribution in [3.63, 3.8) is 0 Å². The molecule has 19 heteroatoms. The first kappa shape index (κ1) is 94.2. The number of nitrogens with one attached hydrogen (secondary N) is 1. The lowest BCUT2D eigenvalue weighted by Crippen LogP contribution is -2.66. The van der Waals surface area contributed by atoms with Crippen LogP contribution in [0, 0.1) is 0 Å². The predicted octanol–water partition coefficient (Wildman–Crippen LogP) is 14.2. The molecule has 598 valence electrons. The van der Waals surface area contributed by atoms with Crippen molar-refractivity contribution >= 4 is 5.91 Å². The maximum atomic E-state index is 13.5. The number of amides is 1. The minimum Gasteiger partial charge on any atom is -0.394 e. The number of aliphatic hydroxyl groups is 11. The zero-order valence-electron chi connectivity index (χ0n) is 64.0. The zero-order valence-corrected chi connectivity index (χ0v) is 64.0. The van der Waals surface area contributed by atoms with E-state index < -0.39 is 124 Å². The highest BCUT2D eigenvalue weighted by atomic mass is 16.8. The van der Waals surface area contributed by atoms with Gasteiger partial charge in [-0.3, -0.25) is 4.79 Å². The van der Waals surface area contributed by atoms with Gasteiger partial charge >= 0.3 is 0 Å². The van der Waals surface area contributed by atoms with E-state index in [1.165, 1.54) is 205 Å². The standard InChI is InChI=1S/C84H149NO18/c1-3-5-7-9-11-13-15-17-19-21-23-25-27-29-31-32-33-34-36-38-40-42-44-46-48-50-52-54-56-58-60-62-72(90)85-67(68(89)61-59-57-55-53-51-49-47-45-43-41-39-37-35-30-28-26-24-22-20-18-16-14-12-10-8-6-4-2)66-98-82-78(96)75(93)80(70(64-87)100-82)103-84-79(97)76(94)81(71(65-88)101-84)102-83-77(95)74(92)73(91)69(63-86)99-83/h5,7,11,13,17,19,23,25,43,45,51,53,59,61,67-71,73-84,86-89,91-97H,3-4,6,8-10,12,14-16,18,20-22,24,26-42,44,46-50,52,54-58,60,62-66H2,1-2H3,(H,85,90)/b7-5-,13-11-,19-17-,25-23-,45-43+,53-51+,61-59+. The first-order chi connectivity index (χ1) is 50.3. The van der Waals surface area contributed by atoms with Gasteiger partial charge in [0, 0.05) is 6.42 Å². The molecule has 0 aromatic carbocycles. The first-order valence-electron chi connectivity index (χ1n) is 41.3. The maximum absolute atomic E-state index is 13.5. The Morgan fingerprint density at radius 2 is 0.680 bits per heavy atom. The molecule has 17 atom stereocenters. The molecule has 103 heavy (non-hydrogen) atoms. The van der Waals surface area contributed by atoms with E-state index in [9.17, 15) is 61.0 Å². The third kappa shape index (κ3) is 43.7. The molecule has 0 bridgehead atoms. The van der Waals surface area contributed by atoms with E-state index in [0.717, 1.165) is 70.6 Å². The van der Waals surface area contributed by atoms with Gasteiger partial charge in [0.05, 0.1) is 38.6 Å². The molecule has 0 radical (unpaired) electrons. The Morgan fingerprint density at radius 1 is 0.359 bits per heavy atom. The van der Waals surface area contributed by atoms with Gasteiger partial charge in [-0.05, 0) is 83.5 Å². The number of allylic oxidation sites excluding steroid dienone is 13. The molecule has 12 N–H and O–H groups in total. The lowest BCUT2D eigenvalue weighted by atomic mass is 9.96. The van der Waals surface area contributed by atoms with E-state index in [-0.39, 0.29) is 18.9 Å². The van der Waals surface area contributed by atoms with Crippen LogP contribution in [0.2, 0.25) is 0 Å². The van der Waals surface area contributed by atoms with Crippen molar-refractivity contribution in [1.82, 2.24) is 5.32 Å². The van der Waals surface area contributed by atoms with Crippen LogP contribution in [0.4, 0.5) is 0 Å². The maximum Gasteiger partial charge on any atom is 0.220 e. The van der Waals surface area contributed by atoms with Gasteiger partial charge in [0.1, 0.15) is 73.2 Å². The molecule has 19 nitrogen and oxygen atoms in total. The zero-order chi connectivity index (χ0) is 74.6. The monoisotopic (exact) mass is 1460 g/mol. The Kier molecular flexibility index (Phi) is 58.4. The molecule has 3 aliphatic heterocycles. The van der Waals surface area contributed by atoms with E-state index in [2.05, 4.69) is 92.1 Å². The van der Waals surface area contributed by atoms with Crippen LogP contribution in [-0.2, 0) is 33.2 Å². The third-order valence-corrected chi connectivity index (χ3v) is 20.2. The second-order valence-electron chi connectivity index (χ2n) is 29.2. The lowest BCUT2D eigenvalue weighted by molar-refractivity contribution is -0.379. The Hall–Kier alpha value is -3.03. The normalized spacial score (nSPS) is 26.5. The second kappa shape index (κ2) is 63.9. The molecule has 0 aromatic rings. The predicted molar refractivity (Wildman–Crippen MR) is 411 cm³/mol. The fourth-order valence-corrected chi connectivity index (χ4v) is 13.6. The third-order valence-electron chi connectivity index (χ3n) is 20.2. The Balaban J connectivity index is 1.38. The van der Waals surface area contributed by atoms with Gasteiger partial charge in [-0.15, -0.1) is 0 Å². The molecule has 3 fully saturated rings. The van der Waals surface area contributed by atoms with Crippen LogP contribution < -0.4 is 5.32 Å². The van der Waals surface area contributed by atoms with E-state index in [1.54, 1.807) is 6.08 Å². The quantitative estimate of drug-likeness (QED) is 0.0199. The molecule has 3 aliphatic rings. The van der Waals surface area contributed by atoms with Crippen molar-refractivity contribution in [3.05, 3.63) is 85.1 Å². The van der Waals surface area contributed by atoms with E-state index in [1.807, 2.05) is 6.08 Å². The highest BCUT2D eigenvalue weighted by Gasteiger charge is 2.54. The number of hydrogen-bond donors (Lipinski definition) is 12.